The summed E-state index contributed by atoms with van der Waals surface area (Å²) in [5, 5.41) is 5.75. The lowest BCUT2D eigenvalue weighted by Crippen LogP contribution is -2.45. The number of sulfone groups is 1. The first kappa shape index (κ1) is 20.4. The number of likely N-dealkylation sites (N-methyl/N-ethyl adjacent to an activating group) is 1. The second kappa shape index (κ2) is 9.03. The van der Waals surface area contributed by atoms with Crippen LogP contribution in [0.1, 0.15) is 39.3 Å². The van der Waals surface area contributed by atoms with Crippen LogP contribution in [0.2, 0.25) is 0 Å². The molecule has 2 amide bonds. The molecule has 0 spiro atoms. The molecule has 0 heterocycles. The van der Waals surface area contributed by atoms with Gasteiger partial charge in [0.25, 0.3) is 0 Å². The number of carbonyl (C=O) groups is 1. The molecule has 0 aliphatic carbocycles. The standard InChI is InChI=1S/C17H29N3O3S/c1-6-20(7-2)13(3)12-18-17(21)19-14(4)15-8-10-16(11-9-15)24(5,22)23/h8-11,13-14H,6-7,12H2,1-5H3,(H2,18,19,21). The van der Waals surface area contributed by atoms with Gasteiger partial charge in [-0.25, -0.2) is 13.2 Å². The van der Waals surface area contributed by atoms with Crippen molar-refractivity contribution in [3.8, 4) is 0 Å². The summed E-state index contributed by atoms with van der Waals surface area (Å²) in [5.41, 5.74) is 0.856. The molecule has 0 saturated heterocycles. The van der Waals surface area contributed by atoms with Crippen molar-refractivity contribution < 1.29 is 13.2 Å². The van der Waals surface area contributed by atoms with Crippen molar-refractivity contribution in [2.45, 2.75) is 44.7 Å². The van der Waals surface area contributed by atoms with Crippen LogP contribution in [0.25, 0.3) is 0 Å². The van der Waals surface area contributed by atoms with Crippen molar-refractivity contribution >= 4 is 15.9 Å². The van der Waals surface area contributed by atoms with E-state index >= 15 is 0 Å². The molecule has 2 unspecified atom stereocenters. The lowest BCUT2D eigenvalue weighted by atomic mass is 10.1. The molecule has 0 radical (unpaired) electrons. The van der Waals surface area contributed by atoms with E-state index in [0.29, 0.717) is 6.54 Å². The summed E-state index contributed by atoms with van der Waals surface area (Å²) < 4.78 is 22.9. The summed E-state index contributed by atoms with van der Waals surface area (Å²) in [6, 6.07) is 6.40. The van der Waals surface area contributed by atoms with Gasteiger partial charge in [-0.2, -0.15) is 0 Å². The Bertz CT molecular complexity index is 625. The Morgan fingerprint density at radius 1 is 1.12 bits per heavy atom. The molecule has 6 nitrogen and oxygen atoms in total. The molecule has 0 aromatic heterocycles. The maximum Gasteiger partial charge on any atom is 0.315 e. The summed E-state index contributed by atoms with van der Waals surface area (Å²) in [6.45, 7) is 10.6. The van der Waals surface area contributed by atoms with Crippen LogP contribution >= 0.6 is 0 Å². The van der Waals surface area contributed by atoms with Gasteiger partial charge in [0.05, 0.1) is 10.9 Å². The van der Waals surface area contributed by atoms with Crippen LogP contribution in [0.4, 0.5) is 4.79 Å². The summed E-state index contributed by atoms with van der Waals surface area (Å²) in [4.78, 5) is 14.6. The van der Waals surface area contributed by atoms with Crippen LogP contribution < -0.4 is 10.6 Å². The third-order valence-electron chi connectivity index (χ3n) is 4.15. The monoisotopic (exact) mass is 355 g/mol. The highest BCUT2D eigenvalue weighted by Gasteiger charge is 2.14. The van der Waals surface area contributed by atoms with Gasteiger partial charge >= 0.3 is 6.03 Å². The van der Waals surface area contributed by atoms with Crippen LogP contribution in [-0.4, -0.2) is 51.3 Å². The Balaban J connectivity index is 2.55. The van der Waals surface area contributed by atoms with E-state index in [0.717, 1.165) is 18.7 Å². The Labute approximate surface area is 145 Å². The predicted molar refractivity (Wildman–Crippen MR) is 96.9 cm³/mol. The highest BCUT2D eigenvalue weighted by Crippen LogP contribution is 2.16. The molecule has 0 aliphatic heterocycles. The van der Waals surface area contributed by atoms with E-state index < -0.39 is 9.84 Å². The molecule has 1 rings (SSSR count). The lowest BCUT2D eigenvalue weighted by Gasteiger charge is -2.26. The van der Waals surface area contributed by atoms with E-state index in [9.17, 15) is 13.2 Å². The maximum absolute atomic E-state index is 12.0. The number of amides is 2. The third kappa shape index (κ3) is 6.13. The molecule has 136 valence electrons. The molecule has 2 atom stereocenters. The molecule has 0 fully saturated rings. The minimum Gasteiger partial charge on any atom is -0.337 e. The Morgan fingerprint density at radius 3 is 2.12 bits per heavy atom. The quantitative estimate of drug-likeness (QED) is 0.749. The van der Waals surface area contributed by atoms with Gasteiger partial charge in [0.2, 0.25) is 0 Å². The molecule has 1 aromatic carbocycles. The SMILES string of the molecule is CCN(CC)C(C)CNC(=O)NC(C)c1ccc(S(C)(=O)=O)cc1. The van der Waals surface area contributed by atoms with E-state index in [1.54, 1.807) is 24.3 Å². The van der Waals surface area contributed by atoms with Crippen LogP contribution in [-0.2, 0) is 9.84 Å². The highest BCUT2D eigenvalue weighted by atomic mass is 32.2. The maximum atomic E-state index is 12.0. The predicted octanol–water partition coefficient (Wildman–Crippen LogP) is 2.18. The first-order valence-electron chi connectivity index (χ1n) is 8.27. The fourth-order valence-electron chi connectivity index (χ4n) is 2.55. The summed E-state index contributed by atoms with van der Waals surface area (Å²) >= 11 is 0. The second-order valence-electron chi connectivity index (χ2n) is 5.99. The first-order valence-corrected chi connectivity index (χ1v) is 10.2. The summed E-state index contributed by atoms with van der Waals surface area (Å²) in [6.07, 6.45) is 1.17. The Morgan fingerprint density at radius 2 is 1.67 bits per heavy atom. The number of nitrogens with one attached hydrogen (secondary N) is 2. The van der Waals surface area contributed by atoms with Crippen molar-refractivity contribution in [1.82, 2.24) is 15.5 Å². The molecular formula is C17H29N3O3S. The summed E-state index contributed by atoms with van der Waals surface area (Å²) in [7, 11) is -3.20. The van der Waals surface area contributed by atoms with Gasteiger partial charge in [-0.15, -0.1) is 0 Å². The van der Waals surface area contributed by atoms with E-state index in [-0.39, 0.29) is 23.0 Å². The second-order valence-corrected chi connectivity index (χ2v) is 8.00. The number of nitrogens with zero attached hydrogens (tertiary/aromatic N) is 1. The molecule has 7 heteroatoms. The number of benzene rings is 1. The van der Waals surface area contributed by atoms with Gasteiger partial charge in [0.15, 0.2) is 9.84 Å². The van der Waals surface area contributed by atoms with Crippen LogP contribution in [0.5, 0.6) is 0 Å². The van der Waals surface area contributed by atoms with E-state index in [2.05, 4.69) is 36.3 Å². The highest BCUT2D eigenvalue weighted by molar-refractivity contribution is 7.90. The number of urea groups is 1. The van der Waals surface area contributed by atoms with Gasteiger partial charge in [-0.3, -0.25) is 4.90 Å². The largest absolute Gasteiger partial charge is 0.337 e. The zero-order valence-corrected chi connectivity index (χ0v) is 16.0. The van der Waals surface area contributed by atoms with Crippen molar-refractivity contribution in [3.05, 3.63) is 29.8 Å². The summed E-state index contributed by atoms with van der Waals surface area (Å²) in [5.74, 6) is 0. The number of carbonyl (C=O) groups excluding carboxylic acids is 1. The van der Waals surface area contributed by atoms with Crippen LogP contribution in [0.3, 0.4) is 0 Å². The molecule has 0 bridgehead atoms. The zero-order valence-electron chi connectivity index (χ0n) is 15.2. The Hall–Kier alpha value is -1.60. The van der Waals surface area contributed by atoms with E-state index in [1.807, 2.05) is 6.92 Å². The average Bonchev–Trinajstić information content (AvgIpc) is 2.53. The molecule has 0 saturated carbocycles. The smallest absolute Gasteiger partial charge is 0.315 e. The first-order chi connectivity index (χ1) is 11.2. The molecular weight excluding hydrogens is 326 g/mol. The molecule has 0 aliphatic rings. The van der Waals surface area contributed by atoms with Gasteiger partial charge in [-0.05, 0) is 44.6 Å². The van der Waals surface area contributed by atoms with Crippen LogP contribution in [0.15, 0.2) is 29.2 Å². The normalized spacial score (nSPS) is 14.2. The fourth-order valence-corrected chi connectivity index (χ4v) is 3.18. The van der Waals surface area contributed by atoms with Crippen molar-refractivity contribution in [3.63, 3.8) is 0 Å². The van der Waals surface area contributed by atoms with Gasteiger partial charge < -0.3 is 10.6 Å². The minimum absolute atomic E-state index is 0.206. The third-order valence-corrected chi connectivity index (χ3v) is 5.28. The number of rotatable bonds is 8. The average molecular weight is 356 g/mol. The number of hydrogen-bond donors (Lipinski definition) is 2. The minimum atomic E-state index is -3.20. The Kier molecular flexibility index (Phi) is 7.69. The van der Waals surface area contributed by atoms with Crippen molar-refractivity contribution in [2.75, 3.05) is 25.9 Å². The molecule has 2 N–H and O–H groups in total. The molecule has 24 heavy (non-hydrogen) atoms. The zero-order chi connectivity index (χ0) is 18.3. The lowest BCUT2D eigenvalue weighted by molar-refractivity contribution is 0.213. The molecule has 1 aromatic rings. The van der Waals surface area contributed by atoms with Gasteiger partial charge in [-0.1, -0.05) is 26.0 Å². The number of hydrogen-bond acceptors (Lipinski definition) is 4. The fraction of sp³-hybridized carbons (Fsp3) is 0.588. The van der Waals surface area contributed by atoms with E-state index in [4.69, 9.17) is 0 Å². The van der Waals surface area contributed by atoms with Gasteiger partial charge in [0.1, 0.15) is 0 Å². The van der Waals surface area contributed by atoms with Gasteiger partial charge in [0, 0.05) is 18.8 Å². The van der Waals surface area contributed by atoms with Crippen LogP contribution in [0, 0.1) is 0 Å². The van der Waals surface area contributed by atoms with Crippen molar-refractivity contribution in [1.29, 1.82) is 0 Å². The van der Waals surface area contributed by atoms with Crippen molar-refractivity contribution in [2.24, 2.45) is 0 Å². The van der Waals surface area contributed by atoms with E-state index in [1.165, 1.54) is 6.26 Å². The topological polar surface area (TPSA) is 78.5 Å².